The molecular weight excluding hydrogens is 470 g/mol. The molecule has 0 aliphatic heterocycles. The van der Waals surface area contributed by atoms with Crippen LogP contribution in [0.25, 0.3) is 0 Å². The molecule has 1 amide bonds. The Bertz CT molecular complexity index is 648. The van der Waals surface area contributed by atoms with Crippen molar-refractivity contribution in [1.82, 2.24) is 5.32 Å². The van der Waals surface area contributed by atoms with Crippen molar-refractivity contribution < 1.29 is 49.2 Å². The van der Waals surface area contributed by atoms with Gasteiger partial charge in [-0.25, -0.2) is 4.79 Å². The molecule has 0 bridgehead atoms. The van der Waals surface area contributed by atoms with Gasteiger partial charge in [0.15, 0.2) is 0 Å². The van der Waals surface area contributed by atoms with E-state index in [-0.39, 0.29) is 43.6 Å². The van der Waals surface area contributed by atoms with Crippen LogP contribution in [0.15, 0.2) is 0 Å². The molecule has 32 heavy (non-hydrogen) atoms. The second kappa shape index (κ2) is 15.4. The number of carboxylic acid groups (broad SMARTS) is 4. The lowest BCUT2D eigenvalue weighted by Gasteiger charge is -2.15. The van der Waals surface area contributed by atoms with Crippen LogP contribution in [0, 0.1) is 5.92 Å². The Labute approximate surface area is 191 Å². The number of carbonyl (C=O) groups is 6. The van der Waals surface area contributed by atoms with E-state index in [0.29, 0.717) is 0 Å². The summed E-state index contributed by atoms with van der Waals surface area (Å²) in [5.41, 5.74) is 10.6. The van der Waals surface area contributed by atoms with Gasteiger partial charge in [0.1, 0.15) is 23.9 Å². The number of ketones is 1. The zero-order valence-corrected chi connectivity index (χ0v) is 18.6. The highest BCUT2D eigenvalue weighted by Crippen LogP contribution is 2.26. The molecule has 15 heteroatoms. The van der Waals surface area contributed by atoms with Gasteiger partial charge in [0.05, 0.1) is 5.92 Å². The summed E-state index contributed by atoms with van der Waals surface area (Å²) >= 11 is 0. The third kappa shape index (κ3) is 13.1. The number of carbonyl (C=O) groups excluding carboxylic acids is 2. The maximum absolute atomic E-state index is 11.9. The lowest BCUT2D eigenvalue weighted by molar-refractivity contribution is -0.143. The molecule has 4 atom stereocenters. The Morgan fingerprint density at radius 3 is 1.69 bits per heavy atom. The molecule has 0 aliphatic rings. The van der Waals surface area contributed by atoms with E-state index >= 15 is 0 Å². The molecule has 0 radical (unpaired) electrons. The van der Waals surface area contributed by atoms with Gasteiger partial charge in [-0.2, -0.15) is 0 Å². The smallest absolute Gasteiger partial charge is 0.327 e. The highest BCUT2D eigenvalue weighted by Gasteiger charge is 2.24. The van der Waals surface area contributed by atoms with E-state index in [1.54, 1.807) is 0 Å². The minimum atomic E-state index is -1.33. The molecule has 0 heterocycles. The summed E-state index contributed by atoms with van der Waals surface area (Å²) in [6.45, 7) is 0. The molecule has 0 unspecified atom stereocenters. The van der Waals surface area contributed by atoms with Gasteiger partial charge in [-0.15, -0.1) is 0 Å². The first-order valence-electron chi connectivity index (χ1n) is 9.33. The number of aliphatic carboxylic acids is 4. The molecule has 182 valence electrons. The number of rotatable bonds is 18. The van der Waals surface area contributed by atoms with E-state index in [2.05, 4.69) is 5.32 Å². The fourth-order valence-electron chi connectivity index (χ4n) is 2.13. The first-order chi connectivity index (χ1) is 14.8. The average molecular weight is 498 g/mol. The van der Waals surface area contributed by atoms with Crippen LogP contribution in [0.3, 0.4) is 0 Å². The van der Waals surface area contributed by atoms with Crippen molar-refractivity contribution >= 4 is 57.2 Å². The van der Waals surface area contributed by atoms with Gasteiger partial charge in [0.2, 0.25) is 5.91 Å². The van der Waals surface area contributed by atoms with Gasteiger partial charge < -0.3 is 37.2 Å². The third-order valence-electron chi connectivity index (χ3n) is 4.09. The normalized spacial score (nSPS) is 14.6. The predicted octanol–water partition coefficient (Wildman–Crippen LogP) is -1.02. The van der Waals surface area contributed by atoms with Crippen LogP contribution in [-0.4, -0.2) is 85.6 Å². The second-order valence-corrected chi connectivity index (χ2v) is 9.32. The quantitative estimate of drug-likeness (QED) is 0.0884. The standard InChI is InChI=1S/C17H27N3O10S2/c18-10(15(25)26)2-1-9(21)5-8(14(23)24)6-31-32-7-12(17(29)30)20-13(22)4-3-11(19)16(27)28/h8,10-12H,1-7,18-19H2,(H,20,22)(H,23,24)(H,25,26)(H,27,28)(H,29,30)/t8-,10-,11-,12-/m0/s1. The summed E-state index contributed by atoms with van der Waals surface area (Å²) in [6, 6.07) is -3.75. The van der Waals surface area contributed by atoms with Crippen molar-refractivity contribution in [2.45, 2.75) is 50.2 Å². The molecular formula is C17H27N3O10S2. The molecule has 0 rings (SSSR count). The summed E-state index contributed by atoms with van der Waals surface area (Å²) < 4.78 is 0. The summed E-state index contributed by atoms with van der Waals surface area (Å²) in [6.07, 6.45) is -1.05. The highest BCUT2D eigenvalue weighted by molar-refractivity contribution is 8.76. The number of hydrogen-bond acceptors (Lipinski definition) is 10. The van der Waals surface area contributed by atoms with Gasteiger partial charge in [-0.05, 0) is 12.8 Å². The van der Waals surface area contributed by atoms with E-state index < -0.39 is 59.6 Å². The Balaban J connectivity index is 4.46. The molecule has 0 aliphatic carbocycles. The number of hydrogen-bond donors (Lipinski definition) is 7. The number of carboxylic acids is 4. The van der Waals surface area contributed by atoms with Crippen LogP contribution in [-0.2, 0) is 28.8 Å². The molecule has 0 fully saturated rings. The van der Waals surface area contributed by atoms with Crippen molar-refractivity contribution in [2.75, 3.05) is 11.5 Å². The number of nitrogens with two attached hydrogens (primary N) is 2. The number of Topliss-reactive ketones (excluding diaryl/α,β-unsaturated/α-hetero) is 1. The molecule has 0 spiro atoms. The maximum Gasteiger partial charge on any atom is 0.327 e. The summed E-state index contributed by atoms with van der Waals surface area (Å²) in [5.74, 6) is -7.42. The lowest BCUT2D eigenvalue weighted by Crippen LogP contribution is -2.43. The van der Waals surface area contributed by atoms with E-state index in [1.807, 2.05) is 0 Å². The molecule has 0 aromatic carbocycles. The Morgan fingerprint density at radius 2 is 1.22 bits per heavy atom. The van der Waals surface area contributed by atoms with Gasteiger partial charge >= 0.3 is 23.9 Å². The lowest BCUT2D eigenvalue weighted by atomic mass is 10.0. The van der Waals surface area contributed by atoms with Crippen LogP contribution in [0.5, 0.6) is 0 Å². The van der Waals surface area contributed by atoms with Gasteiger partial charge in [0, 0.05) is 30.8 Å². The SMILES string of the molecule is N[C@@H](CCC(=O)C[C@@H](CSSC[C@H](NC(=O)CC[C@H](N)C(=O)O)C(=O)O)C(=O)O)C(=O)O. The largest absolute Gasteiger partial charge is 0.481 e. The Kier molecular flexibility index (Phi) is 14.3. The van der Waals surface area contributed by atoms with Crippen LogP contribution < -0.4 is 16.8 Å². The zero-order valence-electron chi connectivity index (χ0n) is 17.0. The van der Waals surface area contributed by atoms with E-state index in [0.717, 1.165) is 21.6 Å². The minimum absolute atomic E-state index is 0.0233. The van der Waals surface area contributed by atoms with E-state index in [4.69, 9.17) is 21.7 Å². The van der Waals surface area contributed by atoms with Crippen molar-refractivity contribution in [1.29, 1.82) is 0 Å². The van der Waals surface area contributed by atoms with E-state index in [1.165, 1.54) is 0 Å². The minimum Gasteiger partial charge on any atom is -0.481 e. The molecule has 0 saturated carbocycles. The summed E-state index contributed by atoms with van der Waals surface area (Å²) in [5, 5.41) is 38.1. The zero-order chi connectivity index (χ0) is 24.8. The van der Waals surface area contributed by atoms with Crippen LogP contribution in [0.2, 0.25) is 0 Å². The average Bonchev–Trinajstić information content (AvgIpc) is 2.70. The Morgan fingerprint density at radius 1 is 0.719 bits per heavy atom. The monoisotopic (exact) mass is 497 g/mol. The fraction of sp³-hybridized carbons (Fsp3) is 0.647. The first-order valence-corrected chi connectivity index (χ1v) is 11.8. The first kappa shape index (κ1) is 29.6. The van der Waals surface area contributed by atoms with Crippen LogP contribution >= 0.6 is 21.6 Å². The maximum atomic E-state index is 11.9. The van der Waals surface area contributed by atoms with Gasteiger partial charge in [-0.1, -0.05) is 21.6 Å². The fourth-order valence-corrected chi connectivity index (χ4v) is 4.59. The van der Waals surface area contributed by atoms with Crippen molar-refractivity contribution in [3.05, 3.63) is 0 Å². The summed E-state index contributed by atoms with van der Waals surface area (Å²) in [7, 11) is 1.99. The van der Waals surface area contributed by atoms with Crippen LogP contribution in [0.4, 0.5) is 0 Å². The molecule has 0 saturated heterocycles. The molecule has 13 nitrogen and oxygen atoms in total. The van der Waals surface area contributed by atoms with Gasteiger partial charge in [-0.3, -0.25) is 24.0 Å². The number of nitrogens with one attached hydrogen (secondary N) is 1. The molecule has 0 aromatic heterocycles. The van der Waals surface area contributed by atoms with E-state index in [9.17, 15) is 39.0 Å². The molecule has 9 N–H and O–H groups in total. The summed E-state index contributed by atoms with van der Waals surface area (Å²) in [4.78, 5) is 67.6. The second-order valence-electron chi connectivity index (χ2n) is 6.77. The van der Waals surface area contributed by atoms with Crippen LogP contribution in [0.1, 0.15) is 32.1 Å². The predicted molar refractivity (Wildman–Crippen MR) is 115 cm³/mol. The number of amides is 1. The highest BCUT2D eigenvalue weighted by atomic mass is 33.1. The van der Waals surface area contributed by atoms with Crippen molar-refractivity contribution in [3.63, 3.8) is 0 Å². The Hall–Kier alpha value is -2.36. The molecule has 0 aromatic rings. The van der Waals surface area contributed by atoms with Crippen molar-refractivity contribution in [3.8, 4) is 0 Å². The third-order valence-corrected chi connectivity index (χ3v) is 6.59. The van der Waals surface area contributed by atoms with Gasteiger partial charge in [0.25, 0.3) is 0 Å². The topological polar surface area (TPSA) is 247 Å². The van der Waals surface area contributed by atoms with Crippen molar-refractivity contribution in [2.24, 2.45) is 17.4 Å².